The van der Waals surface area contributed by atoms with Crippen molar-refractivity contribution in [3.05, 3.63) is 51.7 Å². The van der Waals surface area contributed by atoms with Crippen LogP contribution in [0.15, 0.2) is 29.6 Å². The third kappa shape index (κ3) is 6.55. The van der Waals surface area contributed by atoms with Crippen molar-refractivity contribution in [3.8, 4) is 0 Å². The lowest BCUT2D eigenvalue weighted by atomic mass is 10.1. The van der Waals surface area contributed by atoms with Crippen molar-refractivity contribution in [2.24, 2.45) is 0 Å². The number of hydrogen-bond donors (Lipinski definition) is 1. The number of rotatable bonds is 4. The molecule has 0 atom stereocenters. The van der Waals surface area contributed by atoms with Crippen LogP contribution >= 0.6 is 36.2 Å². The fourth-order valence-corrected chi connectivity index (χ4v) is 3.48. The van der Waals surface area contributed by atoms with Gasteiger partial charge in [0.1, 0.15) is 5.82 Å². The van der Waals surface area contributed by atoms with Gasteiger partial charge in [-0.2, -0.15) is 0 Å². The maximum atomic E-state index is 12.9. The molecule has 0 spiro atoms. The fraction of sp³-hybridized carbons (Fsp3) is 0.412. The molecule has 1 aromatic carbocycles. The number of carbonyl (C=O) groups excluding carboxylic acids is 1. The Morgan fingerprint density at radius 2 is 1.96 bits per heavy atom. The van der Waals surface area contributed by atoms with Crippen LogP contribution in [0.3, 0.4) is 0 Å². The molecule has 0 bridgehead atoms. The fourth-order valence-electron chi connectivity index (χ4n) is 2.65. The first kappa shape index (κ1) is 21.8. The summed E-state index contributed by atoms with van der Waals surface area (Å²) in [6, 6.07) is 6.46. The molecule has 1 aromatic heterocycles. The third-order valence-electron chi connectivity index (χ3n) is 3.89. The summed E-state index contributed by atoms with van der Waals surface area (Å²) in [6.07, 6.45) is 2.03. The molecule has 8 heteroatoms. The lowest BCUT2D eigenvalue weighted by molar-refractivity contribution is -0.130. The average Bonchev–Trinajstić information content (AvgIpc) is 2.81. The van der Waals surface area contributed by atoms with Crippen molar-refractivity contribution in [1.82, 2.24) is 15.2 Å². The van der Waals surface area contributed by atoms with Crippen molar-refractivity contribution in [2.75, 3.05) is 26.2 Å². The number of amides is 1. The number of halogens is 3. The summed E-state index contributed by atoms with van der Waals surface area (Å²) >= 11 is 1.55. The second kappa shape index (κ2) is 10.7. The monoisotopic (exact) mass is 405 g/mol. The number of carbonyl (C=O) groups is 1. The smallest absolute Gasteiger partial charge is 0.228 e. The van der Waals surface area contributed by atoms with Gasteiger partial charge in [-0.25, -0.2) is 9.37 Å². The van der Waals surface area contributed by atoms with Crippen molar-refractivity contribution in [2.45, 2.75) is 19.3 Å². The van der Waals surface area contributed by atoms with Crippen LogP contribution in [0.25, 0.3) is 0 Å². The molecule has 25 heavy (non-hydrogen) atoms. The summed E-state index contributed by atoms with van der Waals surface area (Å²) in [5.41, 5.74) is 1.85. The molecule has 1 amide bonds. The minimum absolute atomic E-state index is 0. The van der Waals surface area contributed by atoms with Gasteiger partial charge in [-0.3, -0.25) is 4.79 Å². The molecule has 1 N–H and O–H groups in total. The van der Waals surface area contributed by atoms with Crippen LogP contribution in [0.2, 0.25) is 0 Å². The van der Waals surface area contributed by atoms with Crippen LogP contribution in [0.5, 0.6) is 0 Å². The zero-order valence-corrected chi connectivity index (χ0v) is 16.2. The van der Waals surface area contributed by atoms with Crippen LogP contribution in [-0.2, 0) is 17.6 Å². The van der Waals surface area contributed by atoms with E-state index in [1.807, 2.05) is 10.3 Å². The maximum absolute atomic E-state index is 12.9. The van der Waals surface area contributed by atoms with Gasteiger partial charge in [0.15, 0.2) is 0 Å². The molecule has 4 nitrogen and oxygen atoms in total. The van der Waals surface area contributed by atoms with E-state index in [-0.39, 0.29) is 36.5 Å². The predicted octanol–water partition coefficient (Wildman–Crippen LogP) is 3.08. The third-order valence-corrected chi connectivity index (χ3v) is 4.79. The van der Waals surface area contributed by atoms with Gasteiger partial charge in [-0.15, -0.1) is 36.2 Å². The van der Waals surface area contributed by atoms with Crippen LogP contribution < -0.4 is 5.32 Å². The molecule has 0 saturated carbocycles. The quantitative estimate of drug-likeness (QED) is 0.849. The highest BCUT2D eigenvalue weighted by Gasteiger charge is 2.17. The number of hydrogen-bond acceptors (Lipinski definition) is 4. The Morgan fingerprint density at radius 3 is 2.72 bits per heavy atom. The summed E-state index contributed by atoms with van der Waals surface area (Å²) in [5.74, 6) is -0.0848. The van der Waals surface area contributed by atoms with E-state index in [9.17, 15) is 9.18 Å². The number of benzene rings is 1. The Morgan fingerprint density at radius 1 is 1.20 bits per heavy atom. The molecule has 1 aliphatic heterocycles. The van der Waals surface area contributed by atoms with Gasteiger partial charge >= 0.3 is 0 Å². The van der Waals surface area contributed by atoms with E-state index in [0.717, 1.165) is 48.9 Å². The SMILES string of the molecule is Cl.Cl.O=C(Cc1csc(Cc2ccc(F)cc2)n1)N1CCCNCC1. The van der Waals surface area contributed by atoms with Gasteiger partial charge in [0, 0.05) is 31.4 Å². The molecule has 1 saturated heterocycles. The van der Waals surface area contributed by atoms with Gasteiger partial charge in [-0.1, -0.05) is 12.1 Å². The number of nitrogens with one attached hydrogen (secondary N) is 1. The van der Waals surface area contributed by atoms with Crippen molar-refractivity contribution >= 4 is 42.1 Å². The van der Waals surface area contributed by atoms with Gasteiger partial charge in [-0.05, 0) is 30.7 Å². The molecule has 0 aliphatic carbocycles. The average molecular weight is 406 g/mol. The number of aromatic nitrogens is 1. The van der Waals surface area contributed by atoms with Crippen LogP contribution in [-0.4, -0.2) is 42.0 Å². The highest BCUT2D eigenvalue weighted by molar-refractivity contribution is 7.09. The van der Waals surface area contributed by atoms with E-state index in [1.54, 1.807) is 23.5 Å². The van der Waals surface area contributed by atoms with E-state index >= 15 is 0 Å². The first-order valence-corrected chi connectivity index (χ1v) is 8.75. The molecule has 2 aromatic rings. The number of thiazole rings is 1. The summed E-state index contributed by atoms with van der Waals surface area (Å²) in [6.45, 7) is 3.42. The van der Waals surface area contributed by atoms with Gasteiger partial charge in [0.05, 0.1) is 17.1 Å². The second-order valence-corrected chi connectivity index (χ2v) is 6.64. The lowest BCUT2D eigenvalue weighted by Gasteiger charge is -2.19. The van der Waals surface area contributed by atoms with Gasteiger partial charge in [0.2, 0.25) is 5.91 Å². The van der Waals surface area contributed by atoms with Crippen LogP contribution in [0, 0.1) is 5.82 Å². The largest absolute Gasteiger partial charge is 0.341 e. The van der Waals surface area contributed by atoms with Gasteiger partial charge < -0.3 is 10.2 Å². The molecular weight excluding hydrogens is 384 g/mol. The normalized spacial score (nSPS) is 14.2. The first-order valence-electron chi connectivity index (χ1n) is 7.87. The zero-order chi connectivity index (χ0) is 16.1. The van der Waals surface area contributed by atoms with Crippen molar-refractivity contribution in [1.29, 1.82) is 0 Å². The summed E-state index contributed by atoms with van der Waals surface area (Å²) in [7, 11) is 0. The Bertz CT molecular complexity index is 658. The standard InChI is InChI=1S/C17H20FN3OS.2ClH/c18-14-4-2-13(3-5-14)10-16-20-15(12-23-16)11-17(22)21-8-1-6-19-7-9-21;;/h2-5,12,19H,1,6-11H2;2*1H. The second-order valence-electron chi connectivity index (χ2n) is 5.70. The lowest BCUT2D eigenvalue weighted by Crippen LogP contribution is -2.35. The van der Waals surface area contributed by atoms with Crippen molar-refractivity contribution < 1.29 is 9.18 Å². The predicted molar refractivity (Wildman–Crippen MR) is 104 cm³/mol. The van der Waals surface area contributed by atoms with E-state index in [1.165, 1.54) is 12.1 Å². The Kier molecular flexibility index (Phi) is 9.35. The molecule has 0 unspecified atom stereocenters. The molecular formula is C17H22Cl2FN3OS. The molecule has 2 heterocycles. The minimum atomic E-state index is -0.230. The van der Waals surface area contributed by atoms with E-state index in [4.69, 9.17) is 0 Å². The Balaban J connectivity index is 0.00000156. The molecule has 0 radical (unpaired) electrons. The summed E-state index contributed by atoms with van der Waals surface area (Å²) < 4.78 is 12.9. The zero-order valence-electron chi connectivity index (χ0n) is 13.7. The van der Waals surface area contributed by atoms with E-state index in [2.05, 4.69) is 10.3 Å². The summed E-state index contributed by atoms with van der Waals surface area (Å²) in [4.78, 5) is 18.8. The highest BCUT2D eigenvalue weighted by atomic mass is 35.5. The first-order chi connectivity index (χ1) is 11.2. The Labute approximate surface area is 163 Å². The number of nitrogens with zero attached hydrogens (tertiary/aromatic N) is 2. The van der Waals surface area contributed by atoms with Gasteiger partial charge in [0.25, 0.3) is 0 Å². The van der Waals surface area contributed by atoms with E-state index < -0.39 is 0 Å². The topological polar surface area (TPSA) is 45.2 Å². The molecule has 1 aliphatic rings. The highest BCUT2D eigenvalue weighted by Crippen LogP contribution is 2.16. The van der Waals surface area contributed by atoms with E-state index in [0.29, 0.717) is 12.8 Å². The molecule has 3 rings (SSSR count). The summed E-state index contributed by atoms with van der Waals surface area (Å²) in [5, 5.41) is 6.20. The Hall–Kier alpha value is -1.21. The maximum Gasteiger partial charge on any atom is 0.228 e. The molecule has 1 fully saturated rings. The van der Waals surface area contributed by atoms with Crippen molar-refractivity contribution in [3.63, 3.8) is 0 Å². The minimum Gasteiger partial charge on any atom is -0.341 e. The molecule has 138 valence electrons. The van der Waals surface area contributed by atoms with Crippen LogP contribution in [0.4, 0.5) is 4.39 Å². The van der Waals surface area contributed by atoms with Crippen LogP contribution in [0.1, 0.15) is 22.7 Å².